The molecule has 0 saturated heterocycles. The minimum Gasteiger partial charge on any atom is -0.497 e. The van der Waals surface area contributed by atoms with Crippen molar-refractivity contribution in [3.63, 3.8) is 0 Å². The van der Waals surface area contributed by atoms with Crippen molar-refractivity contribution in [1.29, 1.82) is 5.26 Å². The van der Waals surface area contributed by atoms with E-state index < -0.39 is 0 Å². The summed E-state index contributed by atoms with van der Waals surface area (Å²) in [6, 6.07) is 15.7. The summed E-state index contributed by atoms with van der Waals surface area (Å²) in [5.74, 6) is 0.843. The van der Waals surface area contributed by atoms with Crippen molar-refractivity contribution >= 4 is 17.3 Å². The number of nitriles is 1. The van der Waals surface area contributed by atoms with Crippen LogP contribution in [-0.4, -0.2) is 32.6 Å². The van der Waals surface area contributed by atoms with Crippen LogP contribution in [-0.2, 0) is 0 Å². The van der Waals surface area contributed by atoms with E-state index in [1.54, 1.807) is 19.2 Å². The lowest BCUT2D eigenvalue weighted by molar-refractivity contribution is 0.310. The van der Waals surface area contributed by atoms with E-state index in [9.17, 15) is 0 Å². The average molecular weight is 330 g/mol. The number of nitrogens with zero attached hydrogens (tertiary/aromatic N) is 2. The van der Waals surface area contributed by atoms with Crippen molar-refractivity contribution in [2.75, 3.05) is 33.1 Å². The summed E-state index contributed by atoms with van der Waals surface area (Å²) < 4.78 is 5.30. The summed E-state index contributed by atoms with van der Waals surface area (Å²) in [4.78, 5) is 2.15. The molecular formula is C18H20ClN3O. The monoisotopic (exact) mass is 329 g/mol. The highest BCUT2D eigenvalue weighted by Gasteiger charge is 2.15. The zero-order valence-electron chi connectivity index (χ0n) is 13.5. The van der Waals surface area contributed by atoms with Gasteiger partial charge in [0.25, 0.3) is 0 Å². The molecule has 120 valence electrons. The van der Waals surface area contributed by atoms with E-state index in [1.165, 1.54) is 5.56 Å². The maximum absolute atomic E-state index is 8.92. The Morgan fingerprint density at radius 2 is 2.04 bits per heavy atom. The van der Waals surface area contributed by atoms with Gasteiger partial charge in [0.05, 0.1) is 23.7 Å². The predicted molar refractivity (Wildman–Crippen MR) is 94.1 cm³/mol. The van der Waals surface area contributed by atoms with E-state index >= 15 is 0 Å². The number of anilines is 1. The Balaban J connectivity index is 2.14. The SMILES string of the molecule is COc1cccc([C@H](CNc2ccc(C#N)c(Cl)c2)N(C)C)c1. The van der Waals surface area contributed by atoms with Crippen molar-refractivity contribution in [3.05, 3.63) is 58.6 Å². The van der Waals surface area contributed by atoms with Crippen LogP contribution in [0.2, 0.25) is 5.02 Å². The molecule has 0 unspecified atom stereocenters. The van der Waals surface area contributed by atoms with E-state index in [-0.39, 0.29) is 6.04 Å². The van der Waals surface area contributed by atoms with E-state index in [1.807, 2.05) is 38.4 Å². The molecule has 0 aliphatic rings. The second kappa shape index (κ2) is 7.87. The summed E-state index contributed by atoms with van der Waals surface area (Å²) in [7, 11) is 5.75. The van der Waals surface area contributed by atoms with Gasteiger partial charge in [0.15, 0.2) is 0 Å². The third-order valence-electron chi connectivity index (χ3n) is 3.69. The van der Waals surface area contributed by atoms with Crippen LogP contribution in [0.3, 0.4) is 0 Å². The number of benzene rings is 2. The molecule has 0 radical (unpaired) electrons. The van der Waals surface area contributed by atoms with Crippen molar-refractivity contribution in [2.45, 2.75) is 6.04 Å². The second-order valence-electron chi connectivity index (χ2n) is 5.44. The molecule has 4 nitrogen and oxygen atoms in total. The van der Waals surface area contributed by atoms with Gasteiger partial charge in [-0.05, 0) is 50.0 Å². The molecule has 0 aromatic heterocycles. The van der Waals surface area contributed by atoms with Crippen LogP contribution in [0.4, 0.5) is 5.69 Å². The van der Waals surface area contributed by atoms with Crippen LogP contribution >= 0.6 is 11.6 Å². The van der Waals surface area contributed by atoms with Gasteiger partial charge in [-0.25, -0.2) is 0 Å². The summed E-state index contributed by atoms with van der Waals surface area (Å²) in [6.07, 6.45) is 0. The molecule has 5 heteroatoms. The van der Waals surface area contributed by atoms with E-state index in [0.717, 1.165) is 11.4 Å². The largest absolute Gasteiger partial charge is 0.497 e. The first kappa shape index (κ1) is 17.1. The summed E-state index contributed by atoms with van der Waals surface area (Å²) >= 11 is 6.07. The van der Waals surface area contributed by atoms with Crippen LogP contribution < -0.4 is 10.1 Å². The molecular weight excluding hydrogens is 310 g/mol. The number of likely N-dealkylation sites (N-methyl/N-ethyl adjacent to an activating group) is 1. The fourth-order valence-corrected chi connectivity index (χ4v) is 2.60. The highest BCUT2D eigenvalue weighted by atomic mass is 35.5. The van der Waals surface area contributed by atoms with Crippen LogP contribution in [0.1, 0.15) is 17.2 Å². The highest BCUT2D eigenvalue weighted by molar-refractivity contribution is 6.32. The van der Waals surface area contributed by atoms with Gasteiger partial charge >= 0.3 is 0 Å². The Labute approximate surface area is 142 Å². The fraction of sp³-hybridized carbons (Fsp3) is 0.278. The van der Waals surface area contributed by atoms with E-state index in [0.29, 0.717) is 17.1 Å². The molecule has 0 amide bonds. The van der Waals surface area contributed by atoms with E-state index in [4.69, 9.17) is 21.6 Å². The molecule has 2 aromatic carbocycles. The number of rotatable bonds is 6. The lowest BCUT2D eigenvalue weighted by atomic mass is 10.1. The van der Waals surface area contributed by atoms with Crippen LogP contribution in [0.25, 0.3) is 0 Å². The van der Waals surface area contributed by atoms with Crippen LogP contribution in [0.5, 0.6) is 5.75 Å². The molecule has 2 rings (SSSR count). The third-order valence-corrected chi connectivity index (χ3v) is 4.00. The van der Waals surface area contributed by atoms with Gasteiger partial charge in [0.2, 0.25) is 0 Å². The number of methoxy groups -OCH3 is 1. The predicted octanol–water partition coefficient (Wildman–Crippen LogP) is 3.94. The summed E-state index contributed by atoms with van der Waals surface area (Å²) in [5.41, 5.74) is 2.54. The van der Waals surface area contributed by atoms with Crippen molar-refractivity contribution in [1.82, 2.24) is 4.90 Å². The molecule has 0 spiro atoms. The Bertz CT molecular complexity index is 710. The number of nitrogens with one attached hydrogen (secondary N) is 1. The van der Waals surface area contributed by atoms with E-state index in [2.05, 4.69) is 22.4 Å². The number of hydrogen-bond donors (Lipinski definition) is 1. The topological polar surface area (TPSA) is 48.3 Å². The molecule has 0 aliphatic carbocycles. The van der Waals surface area contributed by atoms with Gasteiger partial charge in [-0.1, -0.05) is 23.7 Å². The Morgan fingerprint density at radius 3 is 2.65 bits per heavy atom. The Morgan fingerprint density at radius 1 is 1.26 bits per heavy atom. The smallest absolute Gasteiger partial charge is 0.119 e. The van der Waals surface area contributed by atoms with Crippen molar-refractivity contribution in [2.24, 2.45) is 0 Å². The lowest BCUT2D eigenvalue weighted by Crippen LogP contribution is -2.26. The number of halogens is 1. The summed E-state index contributed by atoms with van der Waals surface area (Å²) in [5, 5.41) is 12.8. The molecule has 1 N–H and O–H groups in total. The molecule has 23 heavy (non-hydrogen) atoms. The van der Waals surface area contributed by atoms with Crippen LogP contribution in [0, 0.1) is 11.3 Å². The van der Waals surface area contributed by atoms with Crippen molar-refractivity contribution in [3.8, 4) is 11.8 Å². The maximum Gasteiger partial charge on any atom is 0.119 e. The van der Waals surface area contributed by atoms with Gasteiger partial charge in [-0.3, -0.25) is 0 Å². The third kappa shape index (κ3) is 4.38. The molecule has 0 aliphatic heterocycles. The van der Waals surface area contributed by atoms with Gasteiger partial charge in [0.1, 0.15) is 11.8 Å². The van der Waals surface area contributed by atoms with Crippen LogP contribution in [0.15, 0.2) is 42.5 Å². The second-order valence-corrected chi connectivity index (χ2v) is 5.85. The normalized spacial score (nSPS) is 11.8. The van der Waals surface area contributed by atoms with Gasteiger partial charge < -0.3 is 15.0 Å². The first-order chi connectivity index (χ1) is 11.0. The van der Waals surface area contributed by atoms with Gasteiger partial charge in [-0.15, -0.1) is 0 Å². The Hall–Kier alpha value is -2.22. The molecule has 2 aromatic rings. The average Bonchev–Trinajstić information content (AvgIpc) is 2.55. The fourth-order valence-electron chi connectivity index (χ4n) is 2.38. The quantitative estimate of drug-likeness (QED) is 0.872. The number of ether oxygens (including phenoxy) is 1. The molecule has 1 atom stereocenters. The zero-order chi connectivity index (χ0) is 16.8. The highest BCUT2D eigenvalue weighted by Crippen LogP contribution is 2.25. The first-order valence-electron chi connectivity index (χ1n) is 7.29. The number of hydrogen-bond acceptors (Lipinski definition) is 4. The molecule has 0 fully saturated rings. The lowest BCUT2D eigenvalue weighted by Gasteiger charge is -2.26. The molecule has 0 heterocycles. The standard InChI is InChI=1S/C18H20ClN3O/c1-22(2)18(13-5-4-6-16(9-13)23-3)12-21-15-8-7-14(11-20)17(19)10-15/h4-10,18,21H,12H2,1-3H3/t18-/m0/s1. The van der Waals surface area contributed by atoms with Crippen molar-refractivity contribution < 1.29 is 4.74 Å². The minimum atomic E-state index is 0.180. The molecule has 0 bridgehead atoms. The van der Waals surface area contributed by atoms with Gasteiger partial charge in [-0.2, -0.15) is 5.26 Å². The maximum atomic E-state index is 8.92. The molecule has 0 saturated carbocycles. The first-order valence-corrected chi connectivity index (χ1v) is 7.67. The minimum absolute atomic E-state index is 0.180. The Kier molecular flexibility index (Phi) is 5.86. The van der Waals surface area contributed by atoms with Gasteiger partial charge in [0, 0.05) is 12.2 Å². The summed E-state index contributed by atoms with van der Waals surface area (Å²) in [6.45, 7) is 0.711. The zero-order valence-corrected chi connectivity index (χ0v) is 14.3.